The first-order valence-corrected chi connectivity index (χ1v) is 5.80. The molecule has 0 atom stereocenters. The number of aromatic nitrogens is 1. The van der Waals surface area contributed by atoms with Crippen LogP contribution in [0.2, 0.25) is 0 Å². The summed E-state index contributed by atoms with van der Waals surface area (Å²) in [6.45, 7) is 3.11. The standard InChI is InChI=1S/C11H16N4OS/c1-2-13-10(16)4-6-14-8-3-5-15-9(7-8)11(12)17/h3,5,7H,2,4,6H2,1H3,(H2,12,17)(H,13,16)(H,14,15). The molecule has 1 aromatic heterocycles. The fourth-order valence-corrected chi connectivity index (χ4v) is 1.39. The van der Waals surface area contributed by atoms with E-state index in [4.69, 9.17) is 18.0 Å². The molecule has 17 heavy (non-hydrogen) atoms. The number of nitrogens with two attached hydrogens (primary N) is 1. The maximum Gasteiger partial charge on any atom is 0.221 e. The topological polar surface area (TPSA) is 80.0 Å². The molecule has 0 radical (unpaired) electrons. The van der Waals surface area contributed by atoms with Gasteiger partial charge in [-0.3, -0.25) is 9.78 Å². The Morgan fingerprint density at radius 3 is 3.00 bits per heavy atom. The van der Waals surface area contributed by atoms with Gasteiger partial charge < -0.3 is 16.4 Å². The van der Waals surface area contributed by atoms with Crippen molar-refractivity contribution in [2.45, 2.75) is 13.3 Å². The molecule has 1 amide bonds. The van der Waals surface area contributed by atoms with E-state index in [1.54, 1.807) is 18.3 Å². The zero-order valence-electron chi connectivity index (χ0n) is 9.69. The van der Waals surface area contributed by atoms with Gasteiger partial charge in [0, 0.05) is 31.4 Å². The summed E-state index contributed by atoms with van der Waals surface area (Å²) in [5.74, 6) is 0.0311. The van der Waals surface area contributed by atoms with Crippen molar-refractivity contribution < 1.29 is 4.79 Å². The zero-order chi connectivity index (χ0) is 12.7. The second-order valence-electron chi connectivity index (χ2n) is 3.42. The Hall–Kier alpha value is -1.69. The Bertz CT molecular complexity index is 408. The summed E-state index contributed by atoms with van der Waals surface area (Å²) in [6, 6.07) is 3.57. The van der Waals surface area contributed by atoms with Gasteiger partial charge in [-0.05, 0) is 19.1 Å². The zero-order valence-corrected chi connectivity index (χ0v) is 10.5. The van der Waals surface area contributed by atoms with Crippen molar-refractivity contribution in [3.05, 3.63) is 24.0 Å². The summed E-state index contributed by atoms with van der Waals surface area (Å²) in [7, 11) is 0. The lowest BCUT2D eigenvalue weighted by molar-refractivity contribution is -0.120. The molecule has 0 aliphatic rings. The number of carbonyl (C=O) groups is 1. The van der Waals surface area contributed by atoms with E-state index in [0.29, 0.717) is 25.2 Å². The Balaban J connectivity index is 2.44. The molecule has 1 rings (SSSR count). The van der Waals surface area contributed by atoms with Crippen LogP contribution < -0.4 is 16.4 Å². The monoisotopic (exact) mass is 252 g/mol. The van der Waals surface area contributed by atoms with Gasteiger partial charge >= 0.3 is 0 Å². The van der Waals surface area contributed by atoms with Crippen LogP contribution in [0.15, 0.2) is 18.3 Å². The van der Waals surface area contributed by atoms with E-state index in [1.807, 2.05) is 6.92 Å². The molecule has 1 heterocycles. The highest BCUT2D eigenvalue weighted by Gasteiger charge is 2.01. The quantitative estimate of drug-likeness (QED) is 0.648. The van der Waals surface area contributed by atoms with Crippen LogP contribution in [-0.4, -0.2) is 29.0 Å². The minimum atomic E-state index is 0.0311. The number of rotatable bonds is 6. The molecule has 0 spiro atoms. The fourth-order valence-electron chi connectivity index (χ4n) is 1.28. The Morgan fingerprint density at radius 1 is 1.59 bits per heavy atom. The van der Waals surface area contributed by atoms with Gasteiger partial charge in [-0.15, -0.1) is 0 Å². The highest BCUT2D eigenvalue weighted by Crippen LogP contribution is 2.07. The lowest BCUT2D eigenvalue weighted by atomic mass is 10.3. The van der Waals surface area contributed by atoms with Crippen LogP contribution in [0.5, 0.6) is 0 Å². The average Bonchev–Trinajstić information content (AvgIpc) is 2.30. The molecular weight excluding hydrogens is 236 g/mol. The Labute approximate surface area is 106 Å². The third kappa shape index (κ3) is 4.78. The first-order chi connectivity index (χ1) is 8.13. The van der Waals surface area contributed by atoms with Crippen LogP contribution in [0.3, 0.4) is 0 Å². The highest BCUT2D eigenvalue weighted by molar-refractivity contribution is 7.80. The Kier molecular flexibility index (Phi) is 5.35. The molecule has 0 unspecified atom stereocenters. The third-order valence-corrected chi connectivity index (χ3v) is 2.28. The van der Waals surface area contributed by atoms with Crippen molar-refractivity contribution in [1.82, 2.24) is 10.3 Å². The van der Waals surface area contributed by atoms with E-state index in [1.165, 1.54) is 0 Å². The van der Waals surface area contributed by atoms with E-state index in [0.717, 1.165) is 5.69 Å². The van der Waals surface area contributed by atoms with Crippen LogP contribution in [0, 0.1) is 0 Å². The number of carbonyl (C=O) groups excluding carboxylic acids is 1. The summed E-state index contributed by atoms with van der Waals surface area (Å²) >= 11 is 4.83. The van der Waals surface area contributed by atoms with Gasteiger partial charge in [0.25, 0.3) is 0 Å². The lowest BCUT2D eigenvalue weighted by Crippen LogP contribution is -2.24. The molecule has 92 valence electrons. The van der Waals surface area contributed by atoms with Crippen molar-refractivity contribution in [3.63, 3.8) is 0 Å². The average molecular weight is 252 g/mol. The molecule has 0 aliphatic heterocycles. The fraction of sp³-hybridized carbons (Fsp3) is 0.364. The maximum absolute atomic E-state index is 11.2. The van der Waals surface area contributed by atoms with Crippen molar-refractivity contribution in [2.24, 2.45) is 5.73 Å². The third-order valence-electron chi connectivity index (χ3n) is 2.07. The predicted molar refractivity (Wildman–Crippen MR) is 71.9 cm³/mol. The van der Waals surface area contributed by atoms with Gasteiger partial charge in [-0.2, -0.15) is 0 Å². The molecule has 0 bridgehead atoms. The molecule has 0 fully saturated rings. The molecule has 6 heteroatoms. The minimum Gasteiger partial charge on any atom is -0.388 e. The van der Waals surface area contributed by atoms with Crippen molar-refractivity contribution >= 4 is 28.8 Å². The molecule has 1 aromatic rings. The second-order valence-corrected chi connectivity index (χ2v) is 3.86. The van der Waals surface area contributed by atoms with E-state index in [9.17, 15) is 4.79 Å². The van der Waals surface area contributed by atoms with Crippen LogP contribution in [-0.2, 0) is 4.79 Å². The van der Waals surface area contributed by atoms with Crippen LogP contribution in [0.4, 0.5) is 5.69 Å². The van der Waals surface area contributed by atoms with Crippen LogP contribution in [0.1, 0.15) is 19.0 Å². The number of amides is 1. The maximum atomic E-state index is 11.2. The molecule has 0 saturated heterocycles. The van der Waals surface area contributed by atoms with Crippen LogP contribution in [0.25, 0.3) is 0 Å². The number of nitrogens with zero attached hydrogens (tertiary/aromatic N) is 1. The SMILES string of the molecule is CCNC(=O)CCNc1ccnc(C(N)=S)c1. The number of hydrogen-bond acceptors (Lipinski definition) is 4. The summed E-state index contributed by atoms with van der Waals surface area (Å²) < 4.78 is 0. The van der Waals surface area contributed by atoms with Crippen LogP contribution >= 0.6 is 12.2 Å². The van der Waals surface area contributed by atoms with Gasteiger partial charge in [0.1, 0.15) is 4.99 Å². The van der Waals surface area contributed by atoms with Gasteiger partial charge in [0.2, 0.25) is 5.91 Å². The summed E-state index contributed by atoms with van der Waals surface area (Å²) in [5, 5.41) is 5.84. The summed E-state index contributed by atoms with van der Waals surface area (Å²) in [5.41, 5.74) is 6.90. The van der Waals surface area contributed by atoms with Gasteiger partial charge in [-0.1, -0.05) is 12.2 Å². The summed E-state index contributed by atoms with van der Waals surface area (Å²) in [6.07, 6.45) is 2.06. The number of pyridine rings is 1. The van der Waals surface area contributed by atoms with Gasteiger partial charge in [0.15, 0.2) is 0 Å². The first kappa shape index (κ1) is 13.4. The Morgan fingerprint density at radius 2 is 2.35 bits per heavy atom. The molecule has 4 N–H and O–H groups in total. The minimum absolute atomic E-state index is 0.0311. The molecule has 0 aromatic carbocycles. The lowest BCUT2D eigenvalue weighted by Gasteiger charge is -2.07. The van der Waals surface area contributed by atoms with E-state index in [-0.39, 0.29) is 10.9 Å². The van der Waals surface area contributed by atoms with E-state index in [2.05, 4.69) is 15.6 Å². The molecule has 5 nitrogen and oxygen atoms in total. The summed E-state index contributed by atoms with van der Waals surface area (Å²) in [4.78, 5) is 15.5. The van der Waals surface area contributed by atoms with E-state index < -0.39 is 0 Å². The molecule has 0 saturated carbocycles. The van der Waals surface area contributed by atoms with Gasteiger partial charge in [0.05, 0.1) is 5.69 Å². The van der Waals surface area contributed by atoms with E-state index >= 15 is 0 Å². The number of anilines is 1. The molecular formula is C11H16N4OS. The first-order valence-electron chi connectivity index (χ1n) is 5.40. The number of hydrogen-bond donors (Lipinski definition) is 3. The number of thiocarbonyl (C=S) groups is 1. The smallest absolute Gasteiger partial charge is 0.221 e. The van der Waals surface area contributed by atoms with Crippen molar-refractivity contribution in [3.8, 4) is 0 Å². The highest BCUT2D eigenvalue weighted by atomic mass is 32.1. The predicted octanol–water partition coefficient (Wildman–Crippen LogP) is 0.654. The van der Waals surface area contributed by atoms with Crippen molar-refractivity contribution in [1.29, 1.82) is 0 Å². The largest absolute Gasteiger partial charge is 0.388 e. The van der Waals surface area contributed by atoms with Crippen molar-refractivity contribution in [2.75, 3.05) is 18.4 Å². The normalized spacial score (nSPS) is 9.71. The van der Waals surface area contributed by atoms with Gasteiger partial charge in [-0.25, -0.2) is 0 Å². The molecule has 0 aliphatic carbocycles. The second kappa shape index (κ2) is 6.80. The number of nitrogens with one attached hydrogen (secondary N) is 2.